The van der Waals surface area contributed by atoms with Gasteiger partial charge in [0.05, 0.1) is 6.21 Å². The fourth-order valence-electron chi connectivity index (χ4n) is 1.61. The second kappa shape index (κ2) is 6.34. The Morgan fingerprint density at radius 3 is 2.65 bits per heavy atom. The molecule has 0 aliphatic carbocycles. The normalized spacial score (nSPS) is 10.7. The molecular weight excluding hydrogens is 320 g/mol. The second-order valence-electron chi connectivity index (χ2n) is 4.22. The van der Waals surface area contributed by atoms with Gasteiger partial charge in [0.2, 0.25) is 0 Å². The van der Waals surface area contributed by atoms with Crippen molar-refractivity contribution < 1.29 is 9.90 Å². The summed E-state index contributed by atoms with van der Waals surface area (Å²) in [6.07, 6.45) is 1.42. The summed E-state index contributed by atoms with van der Waals surface area (Å²) in [4.78, 5) is 11.8. The van der Waals surface area contributed by atoms with Gasteiger partial charge in [0.15, 0.2) is 0 Å². The number of para-hydroxylation sites is 1. The van der Waals surface area contributed by atoms with E-state index in [1.54, 1.807) is 43.3 Å². The minimum absolute atomic E-state index is 0.161. The van der Waals surface area contributed by atoms with Crippen LogP contribution in [-0.2, 0) is 0 Å². The van der Waals surface area contributed by atoms with Crippen molar-refractivity contribution in [2.24, 2.45) is 5.10 Å². The fraction of sp³-hybridized carbons (Fsp3) is 0.0667. The molecule has 0 spiro atoms. The predicted octanol–water partition coefficient (Wildman–Crippen LogP) is 3.23. The number of hydrogen-bond acceptors (Lipinski definition) is 3. The number of nitrogens with zero attached hydrogens (tertiary/aromatic N) is 1. The SMILES string of the molecule is Cc1cccc(/C=N\NC(=O)c2ccc(Br)cc2)c1O. The largest absolute Gasteiger partial charge is 0.507 e. The number of rotatable bonds is 3. The molecule has 0 radical (unpaired) electrons. The molecule has 4 nitrogen and oxygen atoms in total. The van der Waals surface area contributed by atoms with Crippen LogP contribution in [0.3, 0.4) is 0 Å². The van der Waals surface area contributed by atoms with E-state index in [1.165, 1.54) is 6.21 Å². The first kappa shape index (κ1) is 14.3. The number of amides is 1. The molecule has 2 N–H and O–H groups in total. The van der Waals surface area contributed by atoms with Crippen LogP contribution in [0.25, 0.3) is 0 Å². The smallest absolute Gasteiger partial charge is 0.271 e. The zero-order valence-electron chi connectivity index (χ0n) is 10.8. The number of phenols is 1. The van der Waals surface area contributed by atoms with Crippen molar-refractivity contribution >= 4 is 28.1 Å². The Labute approximate surface area is 125 Å². The Morgan fingerprint density at radius 1 is 1.25 bits per heavy atom. The van der Waals surface area contributed by atoms with Gasteiger partial charge in [-0.05, 0) is 42.8 Å². The van der Waals surface area contributed by atoms with Gasteiger partial charge in [0.1, 0.15) is 5.75 Å². The zero-order chi connectivity index (χ0) is 14.5. The molecule has 5 heteroatoms. The topological polar surface area (TPSA) is 61.7 Å². The summed E-state index contributed by atoms with van der Waals surface area (Å²) in [7, 11) is 0. The van der Waals surface area contributed by atoms with E-state index in [4.69, 9.17) is 0 Å². The van der Waals surface area contributed by atoms with E-state index in [0.717, 1.165) is 10.0 Å². The molecule has 0 saturated heterocycles. The summed E-state index contributed by atoms with van der Waals surface area (Å²) >= 11 is 3.30. The molecule has 0 saturated carbocycles. The molecule has 102 valence electrons. The maximum absolute atomic E-state index is 11.8. The third-order valence-electron chi connectivity index (χ3n) is 2.75. The predicted molar refractivity (Wildman–Crippen MR) is 82.0 cm³/mol. The highest BCUT2D eigenvalue weighted by Crippen LogP contribution is 2.19. The lowest BCUT2D eigenvalue weighted by molar-refractivity contribution is 0.0955. The van der Waals surface area contributed by atoms with E-state index in [9.17, 15) is 9.90 Å². The maximum atomic E-state index is 11.8. The highest BCUT2D eigenvalue weighted by Gasteiger charge is 2.04. The van der Waals surface area contributed by atoms with Gasteiger partial charge in [0.25, 0.3) is 5.91 Å². The number of benzene rings is 2. The van der Waals surface area contributed by atoms with Crippen molar-refractivity contribution in [3.05, 3.63) is 63.6 Å². The highest BCUT2D eigenvalue weighted by atomic mass is 79.9. The van der Waals surface area contributed by atoms with Crippen molar-refractivity contribution in [3.8, 4) is 5.75 Å². The van der Waals surface area contributed by atoms with Crippen LogP contribution in [0.2, 0.25) is 0 Å². The summed E-state index contributed by atoms with van der Waals surface area (Å²) in [5, 5.41) is 13.6. The van der Waals surface area contributed by atoms with Crippen molar-refractivity contribution in [2.75, 3.05) is 0 Å². The lowest BCUT2D eigenvalue weighted by Gasteiger charge is -2.02. The third kappa shape index (κ3) is 3.45. The number of phenolic OH excluding ortho intramolecular Hbond substituents is 1. The Morgan fingerprint density at radius 2 is 1.95 bits per heavy atom. The minimum atomic E-state index is -0.305. The molecular formula is C15H13BrN2O2. The van der Waals surface area contributed by atoms with Gasteiger partial charge in [-0.1, -0.05) is 28.1 Å². The molecule has 1 amide bonds. The van der Waals surface area contributed by atoms with Gasteiger partial charge in [-0.3, -0.25) is 4.79 Å². The van der Waals surface area contributed by atoms with Crippen molar-refractivity contribution in [2.45, 2.75) is 6.92 Å². The number of carbonyl (C=O) groups excluding carboxylic acids is 1. The van der Waals surface area contributed by atoms with E-state index in [1.807, 2.05) is 6.07 Å². The molecule has 2 rings (SSSR count). The minimum Gasteiger partial charge on any atom is -0.507 e. The van der Waals surface area contributed by atoms with Crippen LogP contribution >= 0.6 is 15.9 Å². The first-order valence-electron chi connectivity index (χ1n) is 5.95. The number of aromatic hydroxyl groups is 1. The van der Waals surface area contributed by atoms with Crippen LogP contribution in [0.4, 0.5) is 0 Å². The number of aryl methyl sites for hydroxylation is 1. The molecule has 2 aromatic rings. The highest BCUT2D eigenvalue weighted by molar-refractivity contribution is 9.10. The monoisotopic (exact) mass is 332 g/mol. The molecule has 0 aromatic heterocycles. The van der Waals surface area contributed by atoms with Gasteiger partial charge in [-0.2, -0.15) is 5.10 Å². The average molecular weight is 333 g/mol. The van der Waals surface area contributed by atoms with Gasteiger partial charge < -0.3 is 5.11 Å². The maximum Gasteiger partial charge on any atom is 0.271 e. The summed E-state index contributed by atoms with van der Waals surface area (Å²) in [5.74, 6) is -0.143. The van der Waals surface area contributed by atoms with Gasteiger partial charge in [-0.15, -0.1) is 0 Å². The molecule has 0 fully saturated rings. The molecule has 0 unspecified atom stereocenters. The molecule has 0 bridgehead atoms. The number of halogens is 1. The number of carbonyl (C=O) groups is 1. The summed E-state index contributed by atoms with van der Waals surface area (Å²) < 4.78 is 0.905. The van der Waals surface area contributed by atoms with Crippen LogP contribution < -0.4 is 5.43 Å². The van der Waals surface area contributed by atoms with Crippen LogP contribution in [-0.4, -0.2) is 17.2 Å². The second-order valence-corrected chi connectivity index (χ2v) is 5.13. The molecule has 0 atom stereocenters. The van der Waals surface area contributed by atoms with E-state index >= 15 is 0 Å². The first-order chi connectivity index (χ1) is 9.58. The van der Waals surface area contributed by atoms with Gasteiger partial charge >= 0.3 is 0 Å². The Bertz CT molecular complexity index is 651. The van der Waals surface area contributed by atoms with Crippen molar-refractivity contribution in [1.29, 1.82) is 0 Å². The van der Waals surface area contributed by atoms with Crippen molar-refractivity contribution in [1.82, 2.24) is 5.43 Å². The van der Waals surface area contributed by atoms with Crippen LogP contribution in [0.5, 0.6) is 5.75 Å². The van der Waals surface area contributed by atoms with Crippen LogP contribution in [0.1, 0.15) is 21.5 Å². The Kier molecular flexibility index (Phi) is 4.53. The fourth-order valence-corrected chi connectivity index (χ4v) is 1.88. The van der Waals surface area contributed by atoms with E-state index in [0.29, 0.717) is 11.1 Å². The summed E-state index contributed by atoms with van der Waals surface area (Å²) in [6, 6.07) is 12.3. The summed E-state index contributed by atoms with van der Waals surface area (Å²) in [5.41, 5.74) is 4.24. The van der Waals surface area contributed by atoms with E-state index in [-0.39, 0.29) is 11.7 Å². The Balaban J connectivity index is 2.04. The molecule has 2 aromatic carbocycles. The zero-order valence-corrected chi connectivity index (χ0v) is 12.4. The first-order valence-corrected chi connectivity index (χ1v) is 6.75. The average Bonchev–Trinajstić information content (AvgIpc) is 2.44. The Hall–Kier alpha value is -2.14. The van der Waals surface area contributed by atoms with Crippen LogP contribution in [0.15, 0.2) is 52.0 Å². The summed E-state index contributed by atoms with van der Waals surface area (Å²) in [6.45, 7) is 1.80. The van der Waals surface area contributed by atoms with E-state index < -0.39 is 0 Å². The van der Waals surface area contributed by atoms with Crippen LogP contribution in [0, 0.1) is 6.92 Å². The lowest BCUT2D eigenvalue weighted by Crippen LogP contribution is -2.17. The number of hydrazone groups is 1. The molecule has 20 heavy (non-hydrogen) atoms. The molecule has 0 aliphatic heterocycles. The lowest BCUT2D eigenvalue weighted by atomic mass is 10.1. The number of nitrogens with one attached hydrogen (secondary N) is 1. The van der Waals surface area contributed by atoms with E-state index in [2.05, 4.69) is 26.5 Å². The molecule has 0 aliphatic rings. The standard InChI is InChI=1S/C15H13BrN2O2/c1-10-3-2-4-12(14(10)19)9-17-18-15(20)11-5-7-13(16)8-6-11/h2-9,19H,1H3,(H,18,20)/b17-9-. The number of hydrogen-bond donors (Lipinski definition) is 2. The van der Waals surface area contributed by atoms with Crippen molar-refractivity contribution in [3.63, 3.8) is 0 Å². The molecule has 0 heterocycles. The van der Waals surface area contributed by atoms with Gasteiger partial charge in [-0.25, -0.2) is 5.43 Å². The third-order valence-corrected chi connectivity index (χ3v) is 3.27. The quantitative estimate of drug-likeness (QED) is 0.669. The van der Waals surface area contributed by atoms with Gasteiger partial charge in [0, 0.05) is 15.6 Å².